The van der Waals surface area contributed by atoms with E-state index in [9.17, 15) is 4.79 Å². The van der Waals surface area contributed by atoms with Gasteiger partial charge >= 0.3 is 0 Å². The van der Waals surface area contributed by atoms with E-state index in [0.717, 1.165) is 14.7 Å². The highest BCUT2D eigenvalue weighted by Crippen LogP contribution is 2.35. The van der Waals surface area contributed by atoms with Crippen molar-refractivity contribution in [1.29, 1.82) is 0 Å². The van der Waals surface area contributed by atoms with Gasteiger partial charge in [0.05, 0.1) is 16.4 Å². The monoisotopic (exact) mass is 568 g/mol. The SMILES string of the molecule is CCOc1cc(/C=N/NC(=O)c2ccc(Cl)cc2)cc(I)c1OCc1ccccc1Cl. The molecule has 0 radical (unpaired) electrons. The van der Waals surface area contributed by atoms with E-state index in [2.05, 4.69) is 33.1 Å². The van der Waals surface area contributed by atoms with Crippen molar-refractivity contribution in [2.24, 2.45) is 5.10 Å². The third kappa shape index (κ3) is 6.59. The van der Waals surface area contributed by atoms with E-state index in [1.807, 2.05) is 43.3 Å². The van der Waals surface area contributed by atoms with Crippen LogP contribution in [-0.2, 0) is 6.61 Å². The van der Waals surface area contributed by atoms with Gasteiger partial charge in [0.2, 0.25) is 0 Å². The van der Waals surface area contributed by atoms with Gasteiger partial charge in [-0.3, -0.25) is 4.79 Å². The minimum Gasteiger partial charge on any atom is -0.490 e. The van der Waals surface area contributed by atoms with Gasteiger partial charge in [-0.2, -0.15) is 5.10 Å². The molecule has 3 rings (SSSR count). The van der Waals surface area contributed by atoms with E-state index < -0.39 is 0 Å². The molecular formula is C23H19Cl2IN2O3. The highest BCUT2D eigenvalue weighted by Gasteiger charge is 2.13. The number of halogens is 3. The second-order valence-corrected chi connectivity index (χ2v) is 8.35. The zero-order valence-electron chi connectivity index (χ0n) is 16.6. The fourth-order valence-electron chi connectivity index (χ4n) is 2.66. The molecule has 3 aromatic carbocycles. The molecule has 0 spiro atoms. The number of amides is 1. The molecule has 0 fully saturated rings. The minimum atomic E-state index is -0.327. The van der Waals surface area contributed by atoms with Crippen LogP contribution in [0.4, 0.5) is 0 Å². The lowest BCUT2D eigenvalue weighted by Gasteiger charge is -2.15. The Hall–Kier alpha value is -2.29. The summed E-state index contributed by atoms with van der Waals surface area (Å²) >= 11 is 14.2. The zero-order chi connectivity index (χ0) is 22.2. The first-order valence-electron chi connectivity index (χ1n) is 9.39. The Labute approximate surface area is 204 Å². The van der Waals surface area contributed by atoms with Crippen LogP contribution in [0.3, 0.4) is 0 Å². The lowest BCUT2D eigenvalue weighted by Crippen LogP contribution is -2.17. The summed E-state index contributed by atoms with van der Waals surface area (Å²) in [5, 5.41) is 5.26. The van der Waals surface area contributed by atoms with E-state index >= 15 is 0 Å². The number of carbonyl (C=O) groups is 1. The van der Waals surface area contributed by atoms with Gasteiger partial charge in [0.15, 0.2) is 11.5 Å². The van der Waals surface area contributed by atoms with Crippen LogP contribution in [0, 0.1) is 3.57 Å². The van der Waals surface area contributed by atoms with E-state index in [0.29, 0.717) is 40.3 Å². The summed E-state index contributed by atoms with van der Waals surface area (Å²) in [6, 6.07) is 17.8. The first-order chi connectivity index (χ1) is 15.0. The van der Waals surface area contributed by atoms with Crippen LogP contribution in [0.5, 0.6) is 11.5 Å². The smallest absolute Gasteiger partial charge is 0.271 e. The molecule has 0 saturated carbocycles. The number of nitrogens with one attached hydrogen (secondary N) is 1. The van der Waals surface area contributed by atoms with Crippen molar-refractivity contribution in [2.45, 2.75) is 13.5 Å². The molecule has 1 N–H and O–H groups in total. The molecule has 1 amide bonds. The van der Waals surface area contributed by atoms with Crippen LogP contribution in [0.15, 0.2) is 65.8 Å². The fraction of sp³-hybridized carbons (Fsp3) is 0.130. The van der Waals surface area contributed by atoms with E-state index in [1.54, 1.807) is 30.5 Å². The van der Waals surface area contributed by atoms with Crippen LogP contribution in [-0.4, -0.2) is 18.7 Å². The number of carbonyl (C=O) groups excluding carboxylic acids is 1. The van der Waals surface area contributed by atoms with E-state index in [1.165, 1.54) is 0 Å². The van der Waals surface area contributed by atoms with E-state index in [4.69, 9.17) is 32.7 Å². The molecule has 0 aliphatic carbocycles. The normalized spacial score (nSPS) is 10.8. The summed E-state index contributed by atoms with van der Waals surface area (Å²) in [7, 11) is 0. The topological polar surface area (TPSA) is 59.9 Å². The molecule has 0 atom stereocenters. The summed E-state index contributed by atoms with van der Waals surface area (Å²) in [5.41, 5.74) is 4.62. The third-order valence-corrected chi connectivity index (χ3v) is 5.57. The summed E-state index contributed by atoms with van der Waals surface area (Å²) in [6.45, 7) is 2.70. The Balaban J connectivity index is 1.73. The number of benzene rings is 3. The Morgan fingerprint density at radius 3 is 2.55 bits per heavy atom. The van der Waals surface area contributed by atoms with Crippen molar-refractivity contribution in [1.82, 2.24) is 5.43 Å². The number of ether oxygens (including phenoxy) is 2. The first-order valence-corrected chi connectivity index (χ1v) is 11.2. The number of hydrogen-bond acceptors (Lipinski definition) is 4. The minimum absolute atomic E-state index is 0.320. The standard InChI is InChI=1S/C23H19Cl2IN2O3/c1-2-30-21-12-15(13-27-28-23(29)16-7-9-18(24)10-8-16)11-20(26)22(21)31-14-17-5-3-4-6-19(17)25/h3-13H,2,14H2,1H3,(H,28,29)/b27-13+. The first kappa shape index (κ1) is 23.4. The number of hydrogen-bond donors (Lipinski definition) is 1. The molecule has 0 aliphatic rings. The predicted octanol–water partition coefficient (Wildman–Crippen LogP) is 6.34. The molecule has 0 bridgehead atoms. The van der Waals surface area contributed by atoms with Gasteiger partial charge < -0.3 is 9.47 Å². The molecule has 8 heteroatoms. The van der Waals surface area contributed by atoms with Crippen LogP contribution in [0.25, 0.3) is 0 Å². The van der Waals surface area contributed by atoms with Crippen molar-refractivity contribution in [3.05, 3.63) is 91.0 Å². The van der Waals surface area contributed by atoms with Crippen molar-refractivity contribution < 1.29 is 14.3 Å². The van der Waals surface area contributed by atoms with Gasteiger partial charge in [-0.15, -0.1) is 0 Å². The maximum Gasteiger partial charge on any atom is 0.271 e. The summed E-state index contributed by atoms with van der Waals surface area (Å²) < 4.78 is 12.6. The summed E-state index contributed by atoms with van der Waals surface area (Å²) in [4.78, 5) is 12.2. The Bertz CT molecular complexity index is 1090. The highest BCUT2D eigenvalue weighted by atomic mass is 127. The number of nitrogens with zero attached hydrogens (tertiary/aromatic N) is 1. The van der Waals surface area contributed by atoms with Gasteiger partial charge in [-0.05, 0) is 77.5 Å². The molecule has 0 heterocycles. The second kappa shape index (κ2) is 11.4. The van der Waals surface area contributed by atoms with Gasteiger partial charge in [0, 0.05) is 21.2 Å². The van der Waals surface area contributed by atoms with E-state index in [-0.39, 0.29) is 5.91 Å². The van der Waals surface area contributed by atoms with Crippen molar-refractivity contribution in [2.75, 3.05) is 6.61 Å². The Kier molecular flexibility index (Phi) is 8.57. The molecule has 3 aromatic rings. The maximum absolute atomic E-state index is 12.2. The fourth-order valence-corrected chi connectivity index (χ4v) is 3.76. The lowest BCUT2D eigenvalue weighted by molar-refractivity contribution is 0.0955. The van der Waals surface area contributed by atoms with Crippen LogP contribution in [0.2, 0.25) is 10.0 Å². The summed E-state index contributed by atoms with van der Waals surface area (Å²) in [6.07, 6.45) is 1.55. The molecule has 160 valence electrons. The predicted molar refractivity (Wildman–Crippen MR) is 133 cm³/mol. The quantitative estimate of drug-likeness (QED) is 0.196. The van der Waals surface area contributed by atoms with Crippen molar-refractivity contribution in [3.63, 3.8) is 0 Å². The number of hydrazone groups is 1. The number of rotatable bonds is 8. The third-order valence-electron chi connectivity index (χ3n) is 4.15. The zero-order valence-corrected chi connectivity index (χ0v) is 20.2. The van der Waals surface area contributed by atoms with Crippen LogP contribution in [0.1, 0.15) is 28.4 Å². The van der Waals surface area contributed by atoms with Gasteiger partial charge in [-0.1, -0.05) is 41.4 Å². The lowest BCUT2D eigenvalue weighted by atomic mass is 10.2. The largest absolute Gasteiger partial charge is 0.490 e. The molecule has 0 aromatic heterocycles. The molecule has 0 aliphatic heterocycles. The maximum atomic E-state index is 12.2. The molecule has 0 unspecified atom stereocenters. The molecule has 31 heavy (non-hydrogen) atoms. The summed E-state index contributed by atoms with van der Waals surface area (Å²) in [5.74, 6) is 0.893. The molecular weight excluding hydrogens is 550 g/mol. The molecule has 5 nitrogen and oxygen atoms in total. The average molecular weight is 569 g/mol. The average Bonchev–Trinajstić information content (AvgIpc) is 2.75. The van der Waals surface area contributed by atoms with Crippen molar-refractivity contribution in [3.8, 4) is 11.5 Å². The highest BCUT2D eigenvalue weighted by molar-refractivity contribution is 14.1. The Morgan fingerprint density at radius 1 is 1.10 bits per heavy atom. The van der Waals surface area contributed by atoms with Gasteiger partial charge in [0.1, 0.15) is 6.61 Å². The van der Waals surface area contributed by atoms with Crippen LogP contribution < -0.4 is 14.9 Å². The van der Waals surface area contributed by atoms with Gasteiger partial charge in [0.25, 0.3) is 5.91 Å². The molecule has 0 saturated heterocycles. The van der Waals surface area contributed by atoms with Crippen molar-refractivity contribution >= 4 is 57.9 Å². The van der Waals surface area contributed by atoms with Gasteiger partial charge in [-0.25, -0.2) is 5.43 Å². The Morgan fingerprint density at radius 2 is 1.84 bits per heavy atom. The van der Waals surface area contributed by atoms with Crippen LogP contribution >= 0.6 is 45.8 Å². The second-order valence-electron chi connectivity index (χ2n) is 6.35.